The highest BCUT2D eigenvalue weighted by molar-refractivity contribution is 7.98. The fraction of sp³-hybridized carbons (Fsp3) is 0.250. The monoisotopic (exact) mass is 381 g/mol. The second-order valence-electron chi connectivity index (χ2n) is 6.53. The van der Waals surface area contributed by atoms with Gasteiger partial charge in [-0.25, -0.2) is 15.0 Å². The van der Waals surface area contributed by atoms with E-state index in [1.807, 2.05) is 24.3 Å². The average Bonchev–Trinajstić information content (AvgIpc) is 3.04. The van der Waals surface area contributed by atoms with Crippen LogP contribution >= 0.6 is 23.4 Å². The first-order valence-corrected chi connectivity index (χ1v) is 10.1. The number of hydrogen-bond acceptors (Lipinski definition) is 5. The Balaban J connectivity index is 1.54. The molecule has 0 radical (unpaired) electrons. The molecule has 5 rings (SSSR count). The summed E-state index contributed by atoms with van der Waals surface area (Å²) in [6, 6.07) is 10.1. The lowest BCUT2D eigenvalue weighted by atomic mass is 9.95. The van der Waals surface area contributed by atoms with Crippen LogP contribution in [0, 0.1) is 0 Å². The molecule has 0 fully saturated rings. The zero-order valence-electron chi connectivity index (χ0n) is 14.0. The van der Waals surface area contributed by atoms with E-state index in [9.17, 15) is 0 Å². The Morgan fingerprint density at radius 3 is 2.81 bits per heavy atom. The van der Waals surface area contributed by atoms with Gasteiger partial charge in [0, 0.05) is 16.5 Å². The number of thioether (sulfide) groups is 1. The first kappa shape index (κ1) is 16.1. The topological polar surface area (TPSA) is 51.8 Å². The molecule has 0 saturated carbocycles. The van der Waals surface area contributed by atoms with E-state index in [-0.39, 0.29) is 0 Å². The van der Waals surface area contributed by atoms with Gasteiger partial charge in [-0.15, -0.1) is 0 Å². The molecule has 4 aromatic rings. The second kappa shape index (κ2) is 6.56. The van der Waals surface area contributed by atoms with Crippen molar-refractivity contribution in [2.45, 2.75) is 36.5 Å². The molecule has 0 saturated heterocycles. The SMILES string of the molecule is Clc1ccc(CSc2ncnc3c2oc2nc4c(cc23)CCCC4)cc1. The Kier molecular flexibility index (Phi) is 4.06. The van der Waals surface area contributed by atoms with E-state index in [1.54, 1.807) is 18.1 Å². The Hall–Kier alpha value is -2.11. The largest absolute Gasteiger partial charge is 0.433 e. The van der Waals surface area contributed by atoms with Gasteiger partial charge in [0.2, 0.25) is 5.71 Å². The molecule has 6 heteroatoms. The standard InChI is InChI=1S/C20H16ClN3OS/c21-14-7-5-12(6-8-14)10-26-20-18-17(22-11-23-20)15-9-13-3-1-2-4-16(13)24-19(15)25-18/h5-9,11H,1-4,10H2. The van der Waals surface area contributed by atoms with E-state index < -0.39 is 0 Å². The van der Waals surface area contributed by atoms with Crippen molar-refractivity contribution in [3.05, 3.63) is 58.5 Å². The lowest BCUT2D eigenvalue weighted by Crippen LogP contribution is -2.04. The molecule has 0 unspecified atom stereocenters. The van der Waals surface area contributed by atoms with Gasteiger partial charge in [-0.3, -0.25) is 0 Å². The molecule has 4 nitrogen and oxygen atoms in total. The Bertz CT molecular complexity index is 1110. The Morgan fingerprint density at radius 1 is 1.08 bits per heavy atom. The van der Waals surface area contributed by atoms with Crippen LogP contribution in [0.1, 0.15) is 29.7 Å². The van der Waals surface area contributed by atoms with E-state index in [0.29, 0.717) is 5.71 Å². The van der Waals surface area contributed by atoms with Crippen molar-refractivity contribution in [1.82, 2.24) is 15.0 Å². The van der Waals surface area contributed by atoms with Crippen molar-refractivity contribution in [2.24, 2.45) is 0 Å². The third-order valence-corrected chi connectivity index (χ3v) is 6.07. The third-order valence-electron chi connectivity index (χ3n) is 4.78. The van der Waals surface area contributed by atoms with Crippen LogP contribution in [-0.2, 0) is 18.6 Å². The number of nitrogens with zero attached hydrogens (tertiary/aromatic N) is 3. The third kappa shape index (κ3) is 2.85. The van der Waals surface area contributed by atoms with Gasteiger partial charge in [0.25, 0.3) is 0 Å². The number of fused-ring (bicyclic) bond motifs is 4. The van der Waals surface area contributed by atoms with Crippen molar-refractivity contribution < 1.29 is 4.42 Å². The Morgan fingerprint density at radius 2 is 1.92 bits per heavy atom. The maximum Gasteiger partial charge on any atom is 0.229 e. The van der Waals surface area contributed by atoms with Gasteiger partial charge < -0.3 is 4.42 Å². The molecule has 0 N–H and O–H groups in total. The molecule has 0 spiro atoms. The maximum atomic E-state index is 6.08. The fourth-order valence-corrected chi connectivity index (χ4v) is 4.45. The molecule has 0 bridgehead atoms. The fourth-order valence-electron chi connectivity index (χ4n) is 3.44. The van der Waals surface area contributed by atoms with Crippen LogP contribution in [0.25, 0.3) is 22.2 Å². The minimum absolute atomic E-state index is 0.675. The van der Waals surface area contributed by atoms with Crippen molar-refractivity contribution in [2.75, 3.05) is 0 Å². The van der Waals surface area contributed by atoms with Crippen molar-refractivity contribution in [3.63, 3.8) is 0 Å². The number of rotatable bonds is 3. The summed E-state index contributed by atoms with van der Waals surface area (Å²) in [5.41, 5.74) is 5.96. The van der Waals surface area contributed by atoms with Gasteiger partial charge in [0.15, 0.2) is 5.58 Å². The Labute approximate surface area is 160 Å². The molecule has 0 atom stereocenters. The van der Waals surface area contributed by atoms with Crippen LogP contribution in [0.3, 0.4) is 0 Å². The summed E-state index contributed by atoms with van der Waals surface area (Å²) >= 11 is 7.60. The number of pyridine rings is 1. The van der Waals surface area contributed by atoms with E-state index in [2.05, 4.69) is 16.0 Å². The van der Waals surface area contributed by atoms with Gasteiger partial charge in [0.1, 0.15) is 16.9 Å². The van der Waals surface area contributed by atoms with E-state index in [0.717, 1.165) is 45.1 Å². The smallest absolute Gasteiger partial charge is 0.229 e. The molecule has 26 heavy (non-hydrogen) atoms. The van der Waals surface area contributed by atoms with E-state index >= 15 is 0 Å². The molecule has 1 aromatic carbocycles. The number of furan rings is 1. The first-order valence-electron chi connectivity index (χ1n) is 8.71. The molecule has 1 aliphatic rings. The molecule has 0 amide bonds. The van der Waals surface area contributed by atoms with Crippen LogP contribution in [0.15, 0.2) is 46.1 Å². The van der Waals surface area contributed by atoms with Crippen LogP contribution < -0.4 is 0 Å². The number of aryl methyl sites for hydroxylation is 2. The van der Waals surface area contributed by atoms with E-state index in [1.165, 1.54) is 29.7 Å². The van der Waals surface area contributed by atoms with Gasteiger partial charge in [-0.05, 0) is 55.0 Å². The molecule has 130 valence electrons. The second-order valence-corrected chi connectivity index (χ2v) is 7.93. The summed E-state index contributed by atoms with van der Waals surface area (Å²) in [5.74, 6) is 0.796. The quantitative estimate of drug-likeness (QED) is 0.341. The van der Waals surface area contributed by atoms with Crippen LogP contribution in [0.5, 0.6) is 0 Å². The van der Waals surface area contributed by atoms with Crippen LogP contribution in [-0.4, -0.2) is 15.0 Å². The maximum absolute atomic E-state index is 6.08. The lowest BCUT2D eigenvalue weighted by Gasteiger charge is -2.13. The van der Waals surface area contributed by atoms with Crippen molar-refractivity contribution >= 4 is 45.6 Å². The molecule has 3 heterocycles. The summed E-state index contributed by atoms with van der Waals surface area (Å²) in [4.78, 5) is 13.7. The van der Waals surface area contributed by atoms with Gasteiger partial charge in [-0.1, -0.05) is 35.5 Å². The summed E-state index contributed by atoms with van der Waals surface area (Å²) in [5, 5.41) is 2.59. The van der Waals surface area contributed by atoms with Crippen molar-refractivity contribution in [1.29, 1.82) is 0 Å². The summed E-state index contributed by atoms with van der Waals surface area (Å²) in [7, 11) is 0. The zero-order valence-corrected chi connectivity index (χ0v) is 15.6. The molecule has 0 aliphatic heterocycles. The van der Waals surface area contributed by atoms with Gasteiger partial charge >= 0.3 is 0 Å². The minimum atomic E-state index is 0.675. The zero-order chi connectivity index (χ0) is 17.5. The molecular formula is C20H16ClN3OS. The first-order chi connectivity index (χ1) is 12.8. The predicted molar refractivity (Wildman–Crippen MR) is 105 cm³/mol. The highest BCUT2D eigenvalue weighted by atomic mass is 35.5. The van der Waals surface area contributed by atoms with E-state index in [4.69, 9.17) is 21.0 Å². The normalized spacial score (nSPS) is 14.0. The summed E-state index contributed by atoms with van der Waals surface area (Å²) in [6.45, 7) is 0. The average molecular weight is 382 g/mol. The minimum Gasteiger partial charge on any atom is -0.433 e. The summed E-state index contributed by atoms with van der Waals surface area (Å²) in [6.07, 6.45) is 6.17. The number of benzene rings is 1. The van der Waals surface area contributed by atoms with Crippen molar-refractivity contribution in [3.8, 4) is 0 Å². The molecule has 3 aromatic heterocycles. The molecule has 1 aliphatic carbocycles. The predicted octanol–water partition coefficient (Wildman–Crippen LogP) is 5.60. The van der Waals surface area contributed by atoms with Gasteiger partial charge in [-0.2, -0.15) is 0 Å². The highest BCUT2D eigenvalue weighted by Crippen LogP contribution is 2.35. The number of halogens is 1. The summed E-state index contributed by atoms with van der Waals surface area (Å²) < 4.78 is 6.08. The van der Waals surface area contributed by atoms with Gasteiger partial charge in [0.05, 0.1) is 5.39 Å². The molecular weight excluding hydrogens is 366 g/mol. The van der Waals surface area contributed by atoms with Crippen LogP contribution in [0.2, 0.25) is 5.02 Å². The number of hydrogen-bond donors (Lipinski definition) is 0. The lowest BCUT2D eigenvalue weighted by molar-refractivity contribution is 0.624. The highest BCUT2D eigenvalue weighted by Gasteiger charge is 2.19. The number of aromatic nitrogens is 3. The van der Waals surface area contributed by atoms with Crippen LogP contribution in [0.4, 0.5) is 0 Å².